The van der Waals surface area contributed by atoms with Gasteiger partial charge in [-0.1, -0.05) is 42.1 Å². The molecule has 1 N–H and O–H groups in total. The maximum Gasteiger partial charge on any atom is 0.229 e. The summed E-state index contributed by atoms with van der Waals surface area (Å²) in [5, 5.41) is 3.01. The Morgan fingerprint density at radius 2 is 1.80 bits per heavy atom. The third-order valence-electron chi connectivity index (χ3n) is 4.27. The molecule has 0 radical (unpaired) electrons. The lowest BCUT2D eigenvalue weighted by molar-refractivity contribution is -0.129. The zero-order chi connectivity index (χ0) is 17.8. The number of anilines is 1. The molecule has 1 atom stereocenters. The molecule has 0 spiro atoms. The summed E-state index contributed by atoms with van der Waals surface area (Å²) in [5.41, 5.74) is 0.789. The van der Waals surface area contributed by atoms with Crippen LogP contribution in [0.5, 0.6) is 0 Å². The van der Waals surface area contributed by atoms with Crippen LogP contribution in [0.4, 0.5) is 5.69 Å². The number of benzene rings is 2. The Labute approximate surface area is 152 Å². The summed E-state index contributed by atoms with van der Waals surface area (Å²) in [6.07, 6.45) is 0.290. The van der Waals surface area contributed by atoms with Gasteiger partial charge in [-0.25, -0.2) is 0 Å². The number of carbonyl (C=O) groups excluding carboxylic acids is 2. The number of hydrogen-bond donors (Lipinski definition) is 1. The summed E-state index contributed by atoms with van der Waals surface area (Å²) in [7, 11) is 0. The monoisotopic (exact) mass is 354 g/mol. The quantitative estimate of drug-likeness (QED) is 0.882. The van der Waals surface area contributed by atoms with Crippen molar-refractivity contribution in [3.05, 3.63) is 54.6 Å². The topological polar surface area (TPSA) is 49.4 Å². The van der Waals surface area contributed by atoms with Crippen molar-refractivity contribution >= 4 is 29.3 Å². The van der Waals surface area contributed by atoms with E-state index in [1.165, 1.54) is 0 Å². The Hall–Kier alpha value is -2.27. The van der Waals surface area contributed by atoms with Gasteiger partial charge in [-0.15, -0.1) is 0 Å². The summed E-state index contributed by atoms with van der Waals surface area (Å²) in [6.45, 7) is 4.45. The first-order valence-corrected chi connectivity index (χ1v) is 9.28. The van der Waals surface area contributed by atoms with E-state index in [9.17, 15) is 9.59 Å². The zero-order valence-electron chi connectivity index (χ0n) is 14.4. The second kappa shape index (κ2) is 7.74. The summed E-state index contributed by atoms with van der Waals surface area (Å²) >= 11 is 1.61. The van der Waals surface area contributed by atoms with Crippen molar-refractivity contribution in [1.82, 2.24) is 4.90 Å². The molecule has 2 amide bonds. The normalized spacial score (nSPS) is 17.2. The van der Waals surface area contributed by atoms with Crippen molar-refractivity contribution in [3.63, 3.8) is 0 Å². The number of hydrogen-bond acceptors (Lipinski definition) is 3. The number of para-hydroxylation sites is 1. The van der Waals surface area contributed by atoms with Gasteiger partial charge in [-0.3, -0.25) is 9.59 Å². The van der Waals surface area contributed by atoms with E-state index in [1.54, 1.807) is 16.7 Å². The number of carbonyl (C=O) groups is 2. The van der Waals surface area contributed by atoms with Crippen LogP contribution in [0.3, 0.4) is 0 Å². The predicted molar refractivity (Wildman–Crippen MR) is 101 cm³/mol. The fourth-order valence-electron chi connectivity index (χ4n) is 2.92. The first kappa shape index (κ1) is 17.5. The van der Waals surface area contributed by atoms with Crippen molar-refractivity contribution in [2.75, 3.05) is 11.9 Å². The molecule has 0 aliphatic carbocycles. The van der Waals surface area contributed by atoms with Crippen LogP contribution in [0.2, 0.25) is 0 Å². The Morgan fingerprint density at radius 3 is 2.48 bits per heavy atom. The molecular weight excluding hydrogens is 332 g/mol. The maximum absolute atomic E-state index is 12.6. The van der Waals surface area contributed by atoms with Gasteiger partial charge in [0.2, 0.25) is 11.8 Å². The second-order valence-corrected chi connectivity index (χ2v) is 7.56. The third kappa shape index (κ3) is 4.23. The Balaban J connectivity index is 1.71. The van der Waals surface area contributed by atoms with E-state index >= 15 is 0 Å². The molecule has 1 aliphatic heterocycles. The second-order valence-electron chi connectivity index (χ2n) is 6.44. The minimum Gasteiger partial charge on any atom is -0.339 e. The van der Waals surface area contributed by atoms with Gasteiger partial charge in [0.15, 0.2) is 0 Å². The average Bonchev–Trinajstić information content (AvgIpc) is 3.00. The molecule has 5 heteroatoms. The summed E-state index contributed by atoms with van der Waals surface area (Å²) in [6, 6.07) is 17.9. The number of nitrogens with zero attached hydrogens (tertiary/aromatic N) is 1. The molecule has 1 fully saturated rings. The summed E-state index contributed by atoms with van der Waals surface area (Å²) in [5.74, 6) is -0.315. The molecule has 1 saturated heterocycles. The molecule has 25 heavy (non-hydrogen) atoms. The molecule has 1 heterocycles. The first-order valence-electron chi connectivity index (χ1n) is 8.47. The predicted octanol–water partition coefficient (Wildman–Crippen LogP) is 4.03. The smallest absolute Gasteiger partial charge is 0.229 e. The van der Waals surface area contributed by atoms with E-state index in [1.807, 2.05) is 68.4 Å². The number of likely N-dealkylation sites (tertiary alicyclic amines) is 1. The van der Waals surface area contributed by atoms with Gasteiger partial charge in [0.25, 0.3) is 0 Å². The highest BCUT2D eigenvalue weighted by Crippen LogP contribution is 2.33. The minimum atomic E-state index is -0.287. The summed E-state index contributed by atoms with van der Waals surface area (Å²) < 4.78 is 0. The molecule has 0 unspecified atom stereocenters. The lowest BCUT2D eigenvalue weighted by Gasteiger charge is -2.20. The fourth-order valence-corrected chi connectivity index (χ4v) is 3.84. The SMILES string of the molecule is CC(C)N1C[C@@H](C(=O)Nc2ccccc2Sc2ccccc2)CC1=O. The number of rotatable bonds is 5. The molecular formula is C20H22N2O2S. The van der Waals surface area contributed by atoms with Gasteiger partial charge in [-0.2, -0.15) is 0 Å². The van der Waals surface area contributed by atoms with E-state index in [-0.39, 0.29) is 30.2 Å². The molecule has 1 aliphatic rings. The molecule has 0 aromatic heterocycles. The van der Waals surface area contributed by atoms with Crippen molar-refractivity contribution in [3.8, 4) is 0 Å². The minimum absolute atomic E-state index is 0.0575. The van der Waals surface area contributed by atoms with E-state index in [0.717, 1.165) is 15.5 Å². The largest absolute Gasteiger partial charge is 0.339 e. The van der Waals surface area contributed by atoms with Crippen LogP contribution in [0.15, 0.2) is 64.4 Å². The van der Waals surface area contributed by atoms with Crippen LogP contribution in [-0.2, 0) is 9.59 Å². The van der Waals surface area contributed by atoms with Gasteiger partial charge in [0.1, 0.15) is 0 Å². The Morgan fingerprint density at radius 1 is 1.12 bits per heavy atom. The molecule has 2 aromatic rings. The van der Waals surface area contributed by atoms with Crippen LogP contribution in [0, 0.1) is 5.92 Å². The van der Waals surface area contributed by atoms with Crippen molar-refractivity contribution in [2.45, 2.75) is 36.1 Å². The Kier molecular flexibility index (Phi) is 5.43. The number of amides is 2. The zero-order valence-corrected chi connectivity index (χ0v) is 15.3. The highest BCUT2D eigenvalue weighted by atomic mass is 32.2. The highest BCUT2D eigenvalue weighted by molar-refractivity contribution is 7.99. The molecule has 3 rings (SSSR count). The van der Waals surface area contributed by atoms with Crippen LogP contribution >= 0.6 is 11.8 Å². The van der Waals surface area contributed by atoms with Crippen molar-refractivity contribution in [2.24, 2.45) is 5.92 Å². The average molecular weight is 354 g/mol. The Bertz CT molecular complexity index is 761. The maximum atomic E-state index is 12.6. The van der Waals surface area contributed by atoms with Gasteiger partial charge < -0.3 is 10.2 Å². The van der Waals surface area contributed by atoms with Gasteiger partial charge in [0, 0.05) is 28.8 Å². The molecule has 0 bridgehead atoms. The standard InChI is InChI=1S/C20H22N2O2S/c1-14(2)22-13-15(12-19(22)23)20(24)21-17-10-6-7-11-18(17)25-16-8-4-3-5-9-16/h3-11,14-15H,12-13H2,1-2H3,(H,21,24)/t15-/m0/s1. The van der Waals surface area contributed by atoms with Crippen LogP contribution < -0.4 is 5.32 Å². The fraction of sp³-hybridized carbons (Fsp3) is 0.300. The van der Waals surface area contributed by atoms with E-state index in [4.69, 9.17) is 0 Å². The lowest BCUT2D eigenvalue weighted by Crippen LogP contribution is -2.33. The summed E-state index contributed by atoms with van der Waals surface area (Å²) in [4.78, 5) is 28.5. The van der Waals surface area contributed by atoms with Gasteiger partial charge in [0.05, 0.1) is 11.6 Å². The van der Waals surface area contributed by atoms with E-state index < -0.39 is 0 Å². The lowest BCUT2D eigenvalue weighted by atomic mass is 10.1. The molecule has 0 saturated carbocycles. The molecule has 130 valence electrons. The van der Waals surface area contributed by atoms with Crippen LogP contribution in [0.1, 0.15) is 20.3 Å². The molecule has 4 nitrogen and oxygen atoms in total. The van der Waals surface area contributed by atoms with Gasteiger partial charge >= 0.3 is 0 Å². The van der Waals surface area contributed by atoms with Crippen molar-refractivity contribution < 1.29 is 9.59 Å². The van der Waals surface area contributed by atoms with E-state index in [0.29, 0.717) is 6.54 Å². The highest BCUT2D eigenvalue weighted by Gasteiger charge is 2.35. The van der Waals surface area contributed by atoms with Crippen LogP contribution in [-0.4, -0.2) is 29.3 Å². The third-order valence-corrected chi connectivity index (χ3v) is 5.35. The van der Waals surface area contributed by atoms with Crippen molar-refractivity contribution in [1.29, 1.82) is 0 Å². The van der Waals surface area contributed by atoms with E-state index in [2.05, 4.69) is 5.32 Å². The van der Waals surface area contributed by atoms with Crippen LogP contribution in [0.25, 0.3) is 0 Å². The van der Waals surface area contributed by atoms with Gasteiger partial charge in [-0.05, 0) is 38.1 Å². The number of nitrogens with one attached hydrogen (secondary N) is 1. The first-order chi connectivity index (χ1) is 12.0. The molecule has 2 aromatic carbocycles.